The summed E-state index contributed by atoms with van der Waals surface area (Å²) in [6, 6.07) is 0. The molecule has 0 radical (unpaired) electrons. The standard InChI is InChI=1S/C10H16N2O4/c1-4-6-11(3)7(9(13)14)8(10(15)16)12(6)5-2/h6H,4-5H2,1-3H3,(H,13,14)(H,15,16). The van der Waals surface area contributed by atoms with E-state index in [0.29, 0.717) is 13.0 Å². The van der Waals surface area contributed by atoms with Crippen LogP contribution in [0.2, 0.25) is 0 Å². The Hall–Kier alpha value is -1.72. The summed E-state index contributed by atoms with van der Waals surface area (Å²) in [5.41, 5.74) is -0.259. The maximum absolute atomic E-state index is 11.1. The average Bonchev–Trinajstić information content (AvgIpc) is 2.50. The van der Waals surface area contributed by atoms with Crippen LogP contribution in [-0.2, 0) is 9.59 Å². The van der Waals surface area contributed by atoms with E-state index in [1.165, 1.54) is 4.90 Å². The molecule has 0 bridgehead atoms. The molecule has 0 aliphatic carbocycles. The van der Waals surface area contributed by atoms with Crippen molar-refractivity contribution in [2.45, 2.75) is 26.4 Å². The zero-order valence-electron chi connectivity index (χ0n) is 9.60. The number of hydrogen-bond donors (Lipinski definition) is 2. The van der Waals surface area contributed by atoms with Gasteiger partial charge in [-0.05, 0) is 13.3 Å². The Bertz CT molecular complexity index is 351. The van der Waals surface area contributed by atoms with E-state index >= 15 is 0 Å². The highest BCUT2D eigenvalue weighted by molar-refractivity contribution is 5.98. The van der Waals surface area contributed by atoms with Gasteiger partial charge in [0.05, 0.1) is 0 Å². The fraction of sp³-hybridized carbons (Fsp3) is 0.600. The summed E-state index contributed by atoms with van der Waals surface area (Å²) in [6.45, 7) is 4.18. The van der Waals surface area contributed by atoms with Gasteiger partial charge in [0.25, 0.3) is 0 Å². The van der Waals surface area contributed by atoms with Gasteiger partial charge in [-0.1, -0.05) is 6.92 Å². The van der Waals surface area contributed by atoms with Crippen molar-refractivity contribution in [1.82, 2.24) is 9.80 Å². The molecule has 0 saturated carbocycles. The number of carboxylic acid groups (broad SMARTS) is 2. The first-order valence-electron chi connectivity index (χ1n) is 5.15. The van der Waals surface area contributed by atoms with Crippen LogP contribution in [0.15, 0.2) is 11.4 Å². The van der Waals surface area contributed by atoms with E-state index in [9.17, 15) is 9.59 Å². The quantitative estimate of drug-likeness (QED) is 0.723. The largest absolute Gasteiger partial charge is 0.477 e. The van der Waals surface area contributed by atoms with Crippen molar-refractivity contribution >= 4 is 11.9 Å². The third-order valence-electron chi connectivity index (χ3n) is 2.78. The summed E-state index contributed by atoms with van der Waals surface area (Å²) >= 11 is 0. The lowest BCUT2D eigenvalue weighted by molar-refractivity contribution is -0.137. The summed E-state index contributed by atoms with van der Waals surface area (Å²) in [7, 11) is 1.61. The number of carboxylic acids is 2. The molecule has 2 N–H and O–H groups in total. The third kappa shape index (κ3) is 1.70. The molecule has 1 atom stereocenters. The van der Waals surface area contributed by atoms with Crippen LogP contribution in [0.5, 0.6) is 0 Å². The molecule has 0 aromatic heterocycles. The van der Waals surface area contributed by atoms with Crippen LogP contribution < -0.4 is 0 Å². The molecule has 0 amide bonds. The zero-order chi connectivity index (χ0) is 12.5. The Balaban J connectivity index is 3.27. The minimum atomic E-state index is -1.20. The second-order valence-corrected chi connectivity index (χ2v) is 3.59. The van der Waals surface area contributed by atoms with Crippen molar-refractivity contribution in [3.63, 3.8) is 0 Å². The number of nitrogens with zero attached hydrogens (tertiary/aromatic N) is 2. The van der Waals surface area contributed by atoms with Gasteiger partial charge in [0, 0.05) is 13.6 Å². The molecule has 0 fully saturated rings. The summed E-state index contributed by atoms with van der Waals surface area (Å²) in [4.78, 5) is 25.3. The van der Waals surface area contributed by atoms with E-state index in [1.54, 1.807) is 11.9 Å². The van der Waals surface area contributed by atoms with E-state index in [4.69, 9.17) is 10.2 Å². The monoisotopic (exact) mass is 228 g/mol. The predicted molar refractivity (Wildman–Crippen MR) is 56.5 cm³/mol. The molecule has 1 unspecified atom stereocenters. The van der Waals surface area contributed by atoms with Crippen molar-refractivity contribution < 1.29 is 19.8 Å². The molecule has 6 nitrogen and oxygen atoms in total. The smallest absolute Gasteiger partial charge is 0.354 e. The highest BCUT2D eigenvalue weighted by Crippen LogP contribution is 2.29. The first-order valence-corrected chi connectivity index (χ1v) is 5.15. The molecule has 0 saturated heterocycles. The van der Waals surface area contributed by atoms with E-state index in [1.807, 2.05) is 13.8 Å². The lowest BCUT2D eigenvalue weighted by atomic mass is 10.3. The maximum Gasteiger partial charge on any atom is 0.354 e. The number of likely N-dealkylation sites (N-methyl/N-ethyl adjacent to an activating group) is 2. The molecule has 16 heavy (non-hydrogen) atoms. The van der Waals surface area contributed by atoms with Gasteiger partial charge in [-0.15, -0.1) is 0 Å². The second-order valence-electron chi connectivity index (χ2n) is 3.59. The van der Waals surface area contributed by atoms with Crippen molar-refractivity contribution in [1.29, 1.82) is 0 Å². The SMILES string of the molecule is CCC1N(C)C(C(=O)O)=C(C(=O)O)N1CC. The summed E-state index contributed by atoms with van der Waals surface area (Å²) in [5.74, 6) is -2.39. The average molecular weight is 228 g/mol. The molecular formula is C10H16N2O4. The Morgan fingerprint density at radius 1 is 1.19 bits per heavy atom. The van der Waals surface area contributed by atoms with Crippen LogP contribution in [0.25, 0.3) is 0 Å². The normalized spacial score (nSPS) is 20.6. The number of aliphatic carboxylic acids is 2. The van der Waals surface area contributed by atoms with Gasteiger partial charge >= 0.3 is 11.9 Å². The van der Waals surface area contributed by atoms with Gasteiger partial charge < -0.3 is 20.0 Å². The lowest BCUT2D eigenvalue weighted by Gasteiger charge is -2.29. The van der Waals surface area contributed by atoms with Crippen LogP contribution in [0.4, 0.5) is 0 Å². The molecule has 6 heteroatoms. The molecule has 1 rings (SSSR count). The van der Waals surface area contributed by atoms with E-state index < -0.39 is 11.9 Å². The fourth-order valence-corrected chi connectivity index (χ4v) is 2.15. The van der Waals surface area contributed by atoms with Crippen LogP contribution >= 0.6 is 0 Å². The Morgan fingerprint density at radius 2 is 1.69 bits per heavy atom. The molecule has 90 valence electrons. The van der Waals surface area contributed by atoms with E-state index in [0.717, 1.165) is 0 Å². The van der Waals surface area contributed by atoms with Crippen molar-refractivity contribution in [3.05, 3.63) is 11.4 Å². The third-order valence-corrected chi connectivity index (χ3v) is 2.78. The molecule has 1 aliphatic heterocycles. The van der Waals surface area contributed by atoms with Gasteiger partial charge in [-0.2, -0.15) is 0 Å². The molecule has 0 aromatic rings. The van der Waals surface area contributed by atoms with Gasteiger partial charge in [0.2, 0.25) is 0 Å². The first kappa shape index (κ1) is 12.4. The van der Waals surface area contributed by atoms with Gasteiger partial charge in [0.1, 0.15) is 6.17 Å². The van der Waals surface area contributed by atoms with Gasteiger partial charge in [-0.25, -0.2) is 9.59 Å². The summed E-state index contributed by atoms with van der Waals surface area (Å²) in [5, 5.41) is 18.1. The summed E-state index contributed by atoms with van der Waals surface area (Å²) in [6.07, 6.45) is 0.472. The highest BCUT2D eigenvalue weighted by atomic mass is 16.4. The number of hydrogen-bond acceptors (Lipinski definition) is 4. The highest BCUT2D eigenvalue weighted by Gasteiger charge is 2.40. The minimum absolute atomic E-state index is 0.121. The van der Waals surface area contributed by atoms with Crippen LogP contribution in [-0.4, -0.2) is 51.7 Å². The van der Waals surface area contributed by atoms with Gasteiger partial charge in [-0.3, -0.25) is 0 Å². The molecule has 0 spiro atoms. The molecular weight excluding hydrogens is 212 g/mol. The van der Waals surface area contributed by atoms with Crippen molar-refractivity contribution in [2.24, 2.45) is 0 Å². The second kappa shape index (κ2) is 4.42. The van der Waals surface area contributed by atoms with Crippen LogP contribution in [0.3, 0.4) is 0 Å². The van der Waals surface area contributed by atoms with Crippen LogP contribution in [0, 0.1) is 0 Å². The molecule has 1 heterocycles. The first-order chi connectivity index (χ1) is 7.45. The lowest BCUT2D eigenvalue weighted by Crippen LogP contribution is -2.39. The molecule has 1 aliphatic rings. The number of carbonyl (C=O) groups is 2. The Labute approximate surface area is 93.8 Å². The van der Waals surface area contributed by atoms with E-state index in [-0.39, 0.29) is 17.6 Å². The molecule has 0 aromatic carbocycles. The topological polar surface area (TPSA) is 81.1 Å². The van der Waals surface area contributed by atoms with Crippen molar-refractivity contribution in [3.8, 4) is 0 Å². The minimum Gasteiger partial charge on any atom is -0.477 e. The number of rotatable bonds is 4. The van der Waals surface area contributed by atoms with E-state index in [2.05, 4.69) is 0 Å². The predicted octanol–water partition coefficient (Wildman–Crippen LogP) is 0.371. The zero-order valence-corrected chi connectivity index (χ0v) is 9.60. The maximum atomic E-state index is 11.1. The van der Waals surface area contributed by atoms with Gasteiger partial charge in [0.15, 0.2) is 11.4 Å². The van der Waals surface area contributed by atoms with Crippen molar-refractivity contribution in [2.75, 3.05) is 13.6 Å². The Morgan fingerprint density at radius 3 is 2.00 bits per heavy atom. The Kier molecular flexibility index (Phi) is 3.41. The van der Waals surface area contributed by atoms with Crippen LogP contribution in [0.1, 0.15) is 20.3 Å². The summed E-state index contributed by atoms with van der Waals surface area (Å²) < 4.78 is 0. The fourth-order valence-electron chi connectivity index (χ4n) is 2.15.